The molecule has 2 N–H and O–H groups in total. The summed E-state index contributed by atoms with van der Waals surface area (Å²) in [6.45, 7) is 10.0. The van der Waals surface area contributed by atoms with E-state index in [1.807, 2.05) is 31.4 Å². The Morgan fingerprint density at radius 3 is 2.91 bits per heavy atom. The van der Waals surface area contributed by atoms with Gasteiger partial charge in [-0.25, -0.2) is 15.0 Å². The predicted molar refractivity (Wildman–Crippen MR) is 120 cm³/mol. The number of ether oxygens (including phenoxy) is 1. The van der Waals surface area contributed by atoms with Gasteiger partial charge in [-0.2, -0.15) is 4.98 Å². The average Bonchev–Trinajstić information content (AvgIpc) is 3.39. The summed E-state index contributed by atoms with van der Waals surface area (Å²) in [5, 5.41) is 6.32. The van der Waals surface area contributed by atoms with Gasteiger partial charge in [0.1, 0.15) is 11.4 Å². The number of carbonyl (C=O) groups excluding carboxylic acids is 1. The minimum absolute atomic E-state index is 0.286. The number of hydrogen-bond acceptors (Lipinski definition) is 8. The van der Waals surface area contributed by atoms with E-state index in [4.69, 9.17) is 4.74 Å². The standard InChI is InChI=1S/C22H28N8O2/c1-4-32-21-17(9-24-22(28-21)29-6-5-15-7-23-8-16(15)11-29)20(31)27-18-12-30-10-13(2)25-19(30)14(3)26-18/h9-10,12,15-16,23H,4-8,11H2,1-3H3,(H,27,31)/t15-,16-/m1/s1. The third kappa shape index (κ3) is 3.86. The maximum absolute atomic E-state index is 13.0. The second-order valence-corrected chi connectivity index (χ2v) is 8.51. The zero-order valence-electron chi connectivity index (χ0n) is 18.6. The molecule has 168 valence electrons. The molecular weight excluding hydrogens is 408 g/mol. The van der Waals surface area contributed by atoms with Crippen LogP contribution in [0.25, 0.3) is 5.65 Å². The van der Waals surface area contributed by atoms with E-state index in [2.05, 4.69) is 35.5 Å². The third-order valence-corrected chi connectivity index (χ3v) is 6.22. The molecule has 32 heavy (non-hydrogen) atoms. The van der Waals surface area contributed by atoms with Crippen LogP contribution in [-0.4, -0.2) is 63.0 Å². The molecule has 3 aromatic rings. The fraction of sp³-hybridized carbons (Fsp3) is 0.500. The summed E-state index contributed by atoms with van der Waals surface area (Å²) in [4.78, 5) is 33.3. The van der Waals surface area contributed by atoms with Gasteiger partial charge in [-0.05, 0) is 52.1 Å². The van der Waals surface area contributed by atoms with Gasteiger partial charge in [0.25, 0.3) is 5.91 Å². The lowest BCUT2D eigenvalue weighted by atomic mass is 9.89. The summed E-state index contributed by atoms with van der Waals surface area (Å²) >= 11 is 0. The third-order valence-electron chi connectivity index (χ3n) is 6.22. The quantitative estimate of drug-likeness (QED) is 0.624. The first-order valence-electron chi connectivity index (χ1n) is 11.1. The molecule has 2 fully saturated rings. The van der Waals surface area contributed by atoms with Crippen molar-refractivity contribution >= 4 is 23.3 Å². The van der Waals surface area contributed by atoms with E-state index in [0.29, 0.717) is 24.3 Å². The number of anilines is 2. The summed E-state index contributed by atoms with van der Waals surface area (Å²) in [6, 6.07) is 0. The highest BCUT2D eigenvalue weighted by molar-refractivity contribution is 6.05. The van der Waals surface area contributed by atoms with E-state index in [9.17, 15) is 4.79 Å². The number of carbonyl (C=O) groups is 1. The molecule has 2 saturated heterocycles. The number of rotatable bonds is 5. The van der Waals surface area contributed by atoms with Crippen molar-refractivity contribution in [2.45, 2.75) is 27.2 Å². The molecule has 0 aliphatic carbocycles. The molecule has 0 unspecified atom stereocenters. The molecule has 3 aromatic heterocycles. The zero-order valence-corrected chi connectivity index (χ0v) is 18.6. The van der Waals surface area contributed by atoms with Gasteiger partial charge in [0.2, 0.25) is 11.8 Å². The first-order chi connectivity index (χ1) is 15.5. The van der Waals surface area contributed by atoms with Crippen LogP contribution in [0.3, 0.4) is 0 Å². The number of hydrogen-bond donors (Lipinski definition) is 2. The molecule has 2 atom stereocenters. The van der Waals surface area contributed by atoms with Gasteiger partial charge < -0.3 is 24.7 Å². The Morgan fingerprint density at radius 1 is 1.22 bits per heavy atom. The molecule has 2 aliphatic heterocycles. The molecule has 10 heteroatoms. The number of amides is 1. The summed E-state index contributed by atoms with van der Waals surface area (Å²) in [5.74, 6) is 2.32. The van der Waals surface area contributed by atoms with E-state index in [0.717, 1.165) is 55.6 Å². The first kappa shape index (κ1) is 20.6. The monoisotopic (exact) mass is 436 g/mol. The van der Waals surface area contributed by atoms with Gasteiger partial charge >= 0.3 is 0 Å². The zero-order chi connectivity index (χ0) is 22.2. The van der Waals surface area contributed by atoms with Gasteiger partial charge in [0.05, 0.1) is 24.2 Å². The summed E-state index contributed by atoms with van der Waals surface area (Å²) in [5.41, 5.74) is 2.68. The minimum Gasteiger partial charge on any atom is -0.477 e. The average molecular weight is 437 g/mol. The van der Waals surface area contributed by atoms with Crippen molar-refractivity contribution in [3.05, 3.63) is 35.5 Å². The Balaban J connectivity index is 1.38. The lowest BCUT2D eigenvalue weighted by Crippen LogP contribution is -2.41. The van der Waals surface area contributed by atoms with Crippen molar-refractivity contribution in [3.63, 3.8) is 0 Å². The van der Waals surface area contributed by atoms with Crippen LogP contribution in [0.1, 0.15) is 35.1 Å². The van der Waals surface area contributed by atoms with E-state index in [1.165, 1.54) is 0 Å². The maximum atomic E-state index is 13.0. The van der Waals surface area contributed by atoms with E-state index in [-0.39, 0.29) is 17.4 Å². The number of nitrogens with zero attached hydrogens (tertiary/aromatic N) is 6. The van der Waals surface area contributed by atoms with Crippen LogP contribution in [0.2, 0.25) is 0 Å². The molecule has 0 saturated carbocycles. The van der Waals surface area contributed by atoms with Crippen molar-refractivity contribution in [2.75, 3.05) is 43.0 Å². The predicted octanol–water partition coefficient (Wildman–Crippen LogP) is 1.83. The molecule has 0 spiro atoms. The van der Waals surface area contributed by atoms with Crippen LogP contribution < -0.4 is 20.3 Å². The molecule has 1 amide bonds. The van der Waals surface area contributed by atoms with E-state index in [1.54, 1.807) is 12.4 Å². The topological polar surface area (TPSA) is 110 Å². The van der Waals surface area contributed by atoms with Crippen molar-refractivity contribution < 1.29 is 9.53 Å². The molecule has 0 radical (unpaired) electrons. The van der Waals surface area contributed by atoms with Crippen LogP contribution in [0.4, 0.5) is 11.8 Å². The Hall–Kier alpha value is -3.27. The Kier molecular flexibility index (Phi) is 5.38. The van der Waals surface area contributed by atoms with Crippen LogP contribution in [0.15, 0.2) is 18.6 Å². The van der Waals surface area contributed by atoms with Gasteiger partial charge in [-0.1, -0.05) is 0 Å². The second-order valence-electron chi connectivity index (χ2n) is 8.51. The fourth-order valence-corrected chi connectivity index (χ4v) is 4.65. The van der Waals surface area contributed by atoms with Gasteiger partial charge in [0, 0.05) is 25.5 Å². The van der Waals surface area contributed by atoms with Crippen LogP contribution in [0.5, 0.6) is 5.88 Å². The van der Waals surface area contributed by atoms with Crippen molar-refractivity contribution in [2.24, 2.45) is 11.8 Å². The van der Waals surface area contributed by atoms with E-state index >= 15 is 0 Å². The summed E-state index contributed by atoms with van der Waals surface area (Å²) < 4.78 is 7.58. The van der Waals surface area contributed by atoms with Crippen LogP contribution in [0, 0.1) is 25.7 Å². The first-order valence-corrected chi connectivity index (χ1v) is 11.1. The summed E-state index contributed by atoms with van der Waals surface area (Å²) in [6.07, 6.45) is 6.31. The van der Waals surface area contributed by atoms with Crippen molar-refractivity contribution in [1.29, 1.82) is 0 Å². The molecule has 0 aromatic carbocycles. The van der Waals surface area contributed by atoms with Crippen molar-refractivity contribution in [3.8, 4) is 5.88 Å². The van der Waals surface area contributed by atoms with Crippen LogP contribution >= 0.6 is 0 Å². The van der Waals surface area contributed by atoms with Crippen LogP contribution in [-0.2, 0) is 0 Å². The maximum Gasteiger partial charge on any atom is 0.263 e. The lowest BCUT2D eigenvalue weighted by molar-refractivity contribution is 0.102. The van der Waals surface area contributed by atoms with Gasteiger partial charge in [0.15, 0.2) is 5.65 Å². The van der Waals surface area contributed by atoms with Crippen molar-refractivity contribution in [1.82, 2.24) is 29.7 Å². The highest BCUT2D eigenvalue weighted by Crippen LogP contribution is 2.29. The highest BCUT2D eigenvalue weighted by Gasteiger charge is 2.34. The number of aryl methyl sites for hydroxylation is 2. The fourth-order valence-electron chi connectivity index (χ4n) is 4.65. The number of fused-ring (bicyclic) bond motifs is 2. The lowest BCUT2D eigenvalue weighted by Gasteiger charge is -2.34. The highest BCUT2D eigenvalue weighted by atomic mass is 16.5. The number of aromatic nitrogens is 5. The summed E-state index contributed by atoms with van der Waals surface area (Å²) in [7, 11) is 0. The Labute approximate surface area is 186 Å². The molecule has 5 heterocycles. The van der Waals surface area contributed by atoms with Gasteiger partial charge in [-0.3, -0.25) is 4.79 Å². The SMILES string of the molecule is CCOc1nc(N2CC[C@@H]3CNC[C@@H]3C2)ncc1C(=O)Nc1cn2cc(C)nc2c(C)n1. The molecular formula is C22H28N8O2. The number of nitrogens with one attached hydrogen (secondary N) is 2. The number of piperidine rings is 1. The largest absolute Gasteiger partial charge is 0.477 e. The second kappa shape index (κ2) is 8.34. The molecule has 5 rings (SSSR count). The van der Waals surface area contributed by atoms with Gasteiger partial charge in [-0.15, -0.1) is 0 Å². The normalized spacial score (nSPS) is 20.4. The minimum atomic E-state index is -0.359. The smallest absolute Gasteiger partial charge is 0.263 e. The van der Waals surface area contributed by atoms with E-state index < -0.39 is 0 Å². The Morgan fingerprint density at radius 2 is 2.06 bits per heavy atom. The molecule has 10 nitrogen and oxygen atoms in total. The Bertz CT molecular complexity index is 1160. The molecule has 0 bridgehead atoms. The number of imidazole rings is 1. The molecule has 2 aliphatic rings.